The predicted molar refractivity (Wildman–Crippen MR) is 223 cm³/mol. The van der Waals surface area contributed by atoms with E-state index in [2.05, 4.69) is 86.8 Å². The molecule has 1 rings (SSSR count). The highest BCUT2D eigenvalue weighted by Gasteiger charge is 2.44. The molecule has 0 aromatic heterocycles. The molecule has 9 nitrogen and oxygen atoms in total. The average molecular weight is 773 g/mol. The normalized spacial score (nSPS) is 21.6. The van der Waals surface area contributed by atoms with Gasteiger partial charge in [0, 0.05) is 6.61 Å². The van der Waals surface area contributed by atoms with Crippen LogP contribution >= 0.6 is 0 Å². The zero-order valence-electron chi connectivity index (χ0n) is 34.1. The van der Waals surface area contributed by atoms with Gasteiger partial charge in [-0.05, 0) is 70.6 Å². The van der Waals surface area contributed by atoms with Crippen molar-refractivity contribution in [3.8, 4) is 0 Å². The van der Waals surface area contributed by atoms with Gasteiger partial charge in [-0.1, -0.05) is 144 Å². The number of rotatable bonds is 34. The maximum Gasteiger partial charge on any atom is 0.310 e. The standard InChI is InChI=1S/C46H76O9/c1-3-5-7-9-11-13-15-17-19-20-22-24-26-28-30-32-34-36-52-38-40(39-53-46-45(51)44(50)43(49)41(37-47)55-46)54-42(48)35-33-31-29-27-25-23-21-18-16-14-12-10-8-6-4-2/h6,8,12-15,18-21,25,27,31,33,40-41,43-47,49-51H,3-5,7,9-11,16-17,22-24,26,28-30,32,34-39H2,1-2H3/b8-6-,14-12-,15-13-,20-19-,21-18-,27-25-,33-31-. The number of aliphatic hydroxyl groups excluding tert-OH is 4. The Bertz CT molecular complexity index is 1110. The second-order valence-corrected chi connectivity index (χ2v) is 14.1. The number of carbonyl (C=O) groups is 1. The van der Waals surface area contributed by atoms with E-state index in [1.807, 2.05) is 6.08 Å². The molecule has 0 amide bonds. The van der Waals surface area contributed by atoms with E-state index in [1.165, 1.54) is 51.4 Å². The van der Waals surface area contributed by atoms with E-state index in [1.54, 1.807) is 6.08 Å². The van der Waals surface area contributed by atoms with E-state index >= 15 is 0 Å². The summed E-state index contributed by atoms with van der Waals surface area (Å²) in [5, 5.41) is 40.0. The minimum Gasteiger partial charge on any atom is -0.457 e. The van der Waals surface area contributed by atoms with Crippen molar-refractivity contribution in [3.05, 3.63) is 85.1 Å². The summed E-state index contributed by atoms with van der Waals surface area (Å²) in [6.45, 7) is 4.25. The molecule has 6 unspecified atom stereocenters. The molecule has 1 aliphatic heterocycles. The lowest BCUT2D eigenvalue weighted by atomic mass is 9.99. The third-order valence-corrected chi connectivity index (χ3v) is 9.08. The molecule has 0 spiro atoms. The summed E-state index contributed by atoms with van der Waals surface area (Å²) in [5.74, 6) is -0.448. The van der Waals surface area contributed by atoms with E-state index in [4.69, 9.17) is 18.9 Å². The third kappa shape index (κ3) is 28.4. The first-order valence-corrected chi connectivity index (χ1v) is 21.2. The highest BCUT2D eigenvalue weighted by molar-refractivity contribution is 5.71. The largest absolute Gasteiger partial charge is 0.457 e. The van der Waals surface area contributed by atoms with Crippen LogP contribution in [0.15, 0.2) is 85.1 Å². The van der Waals surface area contributed by atoms with Gasteiger partial charge in [0.25, 0.3) is 0 Å². The highest BCUT2D eigenvalue weighted by Crippen LogP contribution is 2.22. The summed E-state index contributed by atoms with van der Waals surface area (Å²) in [6.07, 6.45) is 42.0. The molecule has 0 radical (unpaired) electrons. The Morgan fingerprint density at radius 2 is 1.11 bits per heavy atom. The van der Waals surface area contributed by atoms with Gasteiger partial charge in [0.1, 0.15) is 30.5 Å². The molecule has 1 saturated heterocycles. The lowest BCUT2D eigenvalue weighted by molar-refractivity contribution is -0.305. The molecule has 9 heteroatoms. The van der Waals surface area contributed by atoms with E-state index in [0.717, 1.165) is 57.8 Å². The van der Waals surface area contributed by atoms with Gasteiger partial charge in [-0.15, -0.1) is 0 Å². The van der Waals surface area contributed by atoms with Crippen LogP contribution in [0.5, 0.6) is 0 Å². The number of esters is 1. The predicted octanol–water partition coefficient (Wildman–Crippen LogP) is 9.08. The van der Waals surface area contributed by atoms with Gasteiger partial charge in [0.15, 0.2) is 6.29 Å². The van der Waals surface area contributed by atoms with Crippen molar-refractivity contribution in [2.45, 2.75) is 173 Å². The van der Waals surface area contributed by atoms with Crippen molar-refractivity contribution in [1.82, 2.24) is 0 Å². The van der Waals surface area contributed by atoms with E-state index in [0.29, 0.717) is 13.0 Å². The third-order valence-electron chi connectivity index (χ3n) is 9.08. The molecule has 1 heterocycles. The van der Waals surface area contributed by atoms with Crippen LogP contribution in [0.1, 0.15) is 136 Å². The first-order valence-electron chi connectivity index (χ1n) is 21.2. The van der Waals surface area contributed by atoms with Crippen LogP contribution in [0.4, 0.5) is 0 Å². The Balaban J connectivity index is 2.37. The molecule has 0 bridgehead atoms. The lowest BCUT2D eigenvalue weighted by Gasteiger charge is -2.39. The van der Waals surface area contributed by atoms with E-state index in [-0.39, 0.29) is 19.6 Å². The van der Waals surface area contributed by atoms with E-state index in [9.17, 15) is 25.2 Å². The van der Waals surface area contributed by atoms with E-state index < -0.39 is 49.4 Å². The molecule has 0 aromatic carbocycles. The fraction of sp³-hybridized carbons (Fsp3) is 0.674. The van der Waals surface area contributed by atoms with Crippen LogP contribution in [0.3, 0.4) is 0 Å². The molecule has 4 N–H and O–H groups in total. The Hall–Kier alpha value is -2.63. The van der Waals surface area contributed by atoms with Gasteiger partial charge in [-0.25, -0.2) is 0 Å². The minimum absolute atomic E-state index is 0.0795. The zero-order chi connectivity index (χ0) is 40.0. The lowest BCUT2D eigenvalue weighted by Crippen LogP contribution is -2.59. The van der Waals surface area contributed by atoms with Gasteiger partial charge in [0.05, 0.1) is 26.2 Å². The monoisotopic (exact) mass is 773 g/mol. The van der Waals surface area contributed by atoms with Crippen LogP contribution < -0.4 is 0 Å². The molecule has 0 aromatic rings. The molecule has 0 aliphatic carbocycles. The number of hydrogen-bond acceptors (Lipinski definition) is 9. The molecule has 1 fully saturated rings. The highest BCUT2D eigenvalue weighted by atomic mass is 16.7. The fourth-order valence-electron chi connectivity index (χ4n) is 5.77. The fourth-order valence-corrected chi connectivity index (χ4v) is 5.77. The van der Waals surface area contributed by atoms with Gasteiger partial charge < -0.3 is 39.4 Å². The molecule has 55 heavy (non-hydrogen) atoms. The number of hydrogen-bond donors (Lipinski definition) is 4. The van der Waals surface area contributed by atoms with Gasteiger partial charge >= 0.3 is 5.97 Å². The van der Waals surface area contributed by atoms with Crippen molar-refractivity contribution in [1.29, 1.82) is 0 Å². The van der Waals surface area contributed by atoms with Crippen molar-refractivity contribution in [3.63, 3.8) is 0 Å². The van der Waals surface area contributed by atoms with Crippen LogP contribution in [-0.2, 0) is 23.7 Å². The first-order chi connectivity index (χ1) is 26.9. The van der Waals surface area contributed by atoms with Crippen molar-refractivity contribution < 1.29 is 44.2 Å². The summed E-state index contributed by atoms with van der Waals surface area (Å²) in [6, 6.07) is 0. The summed E-state index contributed by atoms with van der Waals surface area (Å²) in [4.78, 5) is 12.7. The quantitative estimate of drug-likeness (QED) is 0.0287. The molecule has 6 atom stereocenters. The number of carbonyl (C=O) groups excluding carboxylic acids is 1. The average Bonchev–Trinajstić information content (AvgIpc) is 3.18. The number of ether oxygens (including phenoxy) is 4. The van der Waals surface area contributed by atoms with Crippen molar-refractivity contribution >= 4 is 5.97 Å². The zero-order valence-corrected chi connectivity index (χ0v) is 34.1. The van der Waals surface area contributed by atoms with Crippen molar-refractivity contribution in [2.24, 2.45) is 0 Å². The Kier molecular flexibility index (Phi) is 33.9. The maximum absolute atomic E-state index is 12.7. The number of allylic oxidation sites excluding steroid dienone is 13. The smallest absolute Gasteiger partial charge is 0.310 e. The molecule has 0 saturated carbocycles. The van der Waals surface area contributed by atoms with Gasteiger partial charge in [-0.2, -0.15) is 0 Å². The van der Waals surface area contributed by atoms with Crippen LogP contribution in [0.25, 0.3) is 0 Å². The van der Waals surface area contributed by atoms with Crippen LogP contribution in [-0.4, -0.2) is 89.6 Å². The molecular weight excluding hydrogens is 696 g/mol. The second-order valence-electron chi connectivity index (χ2n) is 14.1. The summed E-state index contributed by atoms with van der Waals surface area (Å²) >= 11 is 0. The SMILES string of the molecule is CC/C=C\C/C=C\C/C=C\C/C=C\C/C=C\CC(=O)OC(COCCCCCCCC/C=C\C/C=C\CCCCCC)COC1OC(CO)C(O)C(O)C1O. The van der Waals surface area contributed by atoms with Crippen LogP contribution in [0.2, 0.25) is 0 Å². The number of aliphatic hydroxyl groups is 4. The number of unbranched alkanes of at least 4 members (excludes halogenated alkanes) is 10. The van der Waals surface area contributed by atoms with Crippen LogP contribution in [0, 0.1) is 0 Å². The summed E-state index contributed by atoms with van der Waals surface area (Å²) in [7, 11) is 0. The van der Waals surface area contributed by atoms with Gasteiger partial charge in [-0.3, -0.25) is 4.79 Å². The summed E-state index contributed by atoms with van der Waals surface area (Å²) in [5.41, 5.74) is 0. The van der Waals surface area contributed by atoms with Crippen molar-refractivity contribution in [2.75, 3.05) is 26.4 Å². The van der Waals surface area contributed by atoms with Gasteiger partial charge in [0.2, 0.25) is 0 Å². The Morgan fingerprint density at radius 1 is 0.600 bits per heavy atom. The Morgan fingerprint density at radius 3 is 1.67 bits per heavy atom. The molecule has 314 valence electrons. The minimum atomic E-state index is -1.56. The maximum atomic E-state index is 12.7. The second kappa shape index (κ2) is 37.0. The molecule has 1 aliphatic rings. The summed E-state index contributed by atoms with van der Waals surface area (Å²) < 4.78 is 22.6. The Labute approximate surface area is 333 Å². The molecular formula is C46H76O9. The first kappa shape index (κ1) is 50.4. The topological polar surface area (TPSA) is 135 Å².